The molecule has 0 aliphatic carbocycles. The summed E-state index contributed by atoms with van der Waals surface area (Å²) in [5.41, 5.74) is 3.69. The highest BCUT2D eigenvalue weighted by atomic mass is 79.9. The molecule has 3 heterocycles. The van der Waals surface area contributed by atoms with Crippen molar-refractivity contribution in [3.8, 4) is 11.5 Å². The minimum atomic E-state index is 0.638. The van der Waals surface area contributed by atoms with E-state index in [2.05, 4.69) is 45.3 Å². The monoisotopic (exact) mass is 401 g/mol. The number of nitrogens with one attached hydrogen (secondary N) is 1. The number of hydrogen-bond acceptors (Lipinski definition) is 3. The number of aromatic nitrogens is 2. The number of hydrogen-bond donors (Lipinski definition) is 1. The summed E-state index contributed by atoms with van der Waals surface area (Å²) in [6.07, 6.45) is 1.84. The molecule has 4 nitrogen and oxygen atoms in total. The number of nitrogens with zero attached hydrogens (tertiary/aromatic N) is 2. The average Bonchev–Trinajstić information content (AvgIpc) is 3.14. The lowest BCUT2D eigenvalue weighted by Crippen LogP contribution is -1.96. The summed E-state index contributed by atoms with van der Waals surface area (Å²) in [6, 6.07) is 15.6. The van der Waals surface area contributed by atoms with Gasteiger partial charge in [0, 0.05) is 11.9 Å². The van der Waals surface area contributed by atoms with E-state index in [4.69, 9.17) is 16.0 Å². The summed E-state index contributed by atoms with van der Waals surface area (Å²) in [5.74, 6) is 1.48. The highest BCUT2D eigenvalue weighted by molar-refractivity contribution is 9.10. The van der Waals surface area contributed by atoms with Crippen molar-refractivity contribution in [1.82, 2.24) is 9.38 Å². The van der Waals surface area contributed by atoms with Gasteiger partial charge in [-0.25, -0.2) is 4.98 Å². The fourth-order valence-corrected chi connectivity index (χ4v) is 2.99. The molecule has 0 aliphatic rings. The molecule has 0 atom stereocenters. The van der Waals surface area contributed by atoms with Crippen molar-refractivity contribution in [2.45, 2.75) is 6.92 Å². The lowest BCUT2D eigenvalue weighted by molar-refractivity contribution is 0.554. The third-order valence-corrected chi connectivity index (χ3v) is 4.35. The summed E-state index contributed by atoms with van der Waals surface area (Å²) >= 11 is 9.51. The maximum absolute atomic E-state index is 6.17. The SMILES string of the molecule is Cc1ccc(Nc2c(-c3ccc(Br)o3)nc3ccc(Cl)cn23)cc1. The Morgan fingerprint density at radius 2 is 1.88 bits per heavy atom. The predicted octanol–water partition coefficient (Wildman–Crippen LogP) is 6.06. The standard InChI is InChI=1S/C18H13BrClN3O/c1-11-2-5-13(6-3-11)21-18-17(14-7-8-15(19)24-14)22-16-9-4-12(20)10-23(16)18/h2-10,21H,1H3. The number of furan rings is 1. The van der Waals surface area contributed by atoms with Gasteiger partial charge in [0.05, 0.1) is 5.02 Å². The summed E-state index contributed by atoms with van der Waals surface area (Å²) in [4.78, 5) is 4.68. The molecule has 4 aromatic rings. The van der Waals surface area contributed by atoms with Crippen molar-refractivity contribution in [3.63, 3.8) is 0 Å². The Hall–Kier alpha value is -2.24. The minimum absolute atomic E-state index is 0.638. The summed E-state index contributed by atoms with van der Waals surface area (Å²) in [5, 5.41) is 4.06. The van der Waals surface area contributed by atoms with Crippen LogP contribution < -0.4 is 5.32 Å². The smallest absolute Gasteiger partial charge is 0.169 e. The first-order valence-corrected chi connectivity index (χ1v) is 8.54. The fraction of sp³-hybridized carbons (Fsp3) is 0.0556. The van der Waals surface area contributed by atoms with Gasteiger partial charge in [0.1, 0.15) is 17.2 Å². The quantitative estimate of drug-likeness (QED) is 0.453. The van der Waals surface area contributed by atoms with E-state index >= 15 is 0 Å². The third kappa shape index (κ3) is 2.81. The molecule has 0 aliphatic heterocycles. The zero-order valence-corrected chi connectivity index (χ0v) is 15.1. The molecule has 1 aromatic carbocycles. The summed E-state index contributed by atoms with van der Waals surface area (Å²) in [6.45, 7) is 2.06. The van der Waals surface area contributed by atoms with Gasteiger partial charge in [-0.2, -0.15) is 0 Å². The molecule has 0 spiro atoms. The van der Waals surface area contributed by atoms with Crippen LogP contribution in [0.1, 0.15) is 5.56 Å². The molecule has 0 saturated heterocycles. The molecule has 24 heavy (non-hydrogen) atoms. The number of rotatable bonds is 3. The molecule has 4 rings (SSSR count). The number of fused-ring (bicyclic) bond motifs is 1. The van der Waals surface area contributed by atoms with E-state index in [-0.39, 0.29) is 0 Å². The zero-order valence-electron chi connectivity index (χ0n) is 12.8. The minimum Gasteiger partial charge on any atom is -0.448 e. The van der Waals surface area contributed by atoms with Crippen molar-refractivity contribution in [1.29, 1.82) is 0 Å². The molecule has 0 unspecified atom stereocenters. The van der Waals surface area contributed by atoms with Crippen LogP contribution in [0.15, 0.2) is 63.8 Å². The van der Waals surface area contributed by atoms with E-state index in [9.17, 15) is 0 Å². The molecule has 0 fully saturated rings. The number of anilines is 2. The van der Waals surface area contributed by atoms with Crippen LogP contribution in [0.3, 0.4) is 0 Å². The first kappa shape index (κ1) is 15.3. The van der Waals surface area contributed by atoms with Crippen LogP contribution in [0, 0.1) is 6.92 Å². The van der Waals surface area contributed by atoms with Gasteiger partial charge in [-0.1, -0.05) is 29.3 Å². The van der Waals surface area contributed by atoms with Gasteiger partial charge < -0.3 is 9.73 Å². The van der Waals surface area contributed by atoms with Crippen LogP contribution in [-0.2, 0) is 0 Å². The van der Waals surface area contributed by atoms with Crippen LogP contribution >= 0.6 is 27.5 Å². The molecule has 3 aromatic heterocycles. The second-order valence-electron chi connectivity index (χ2n) is 5.48. The lowest BCUT2D eigenvalue weighted by atomic mass is 10.2. The van der Waals surface area contributed by atoms with Gasteiger partial charge in [-0.15, -0.1) is 0 Å². The number of aryl methyl sites for hydroxylation is 1. The number of halogens is 2. The van der Waals surface area contributed by atoms with Crippen LogP contribution in [0.25, 0.3) is 17.1 Å². The molecule has 120 valence electrons. The van der Waals surface area contributed by atoms with Crippen molar-refractivity contribution in [3.05, 3.63) is 70.0 Å². The predicted molar refractivity (Wildman–Crippen MR) is 100 cm³/mol. The van der Waals surface area contributed by atoms with Gasteiger partial charge in [-0.05, 0) is 59.3 Å². The van der Waals surface area contributed by atoms with Crippen LogP contribution in [0.2, 0.25) is 5.02 Å². The van der Waals surface area contributed by atoms with Crippen molar-refractivity contribution < 1.29 is 4.42 Å². The van der Waals surface area contributed by atoms with Crippen molar-refractivity contribution in [2.24, 2.45) is 0 Å². The molecule has 0 bridgehead atoms. The van der Waals surface area contributed by atoms with E-state index in [0.29, 0.717) is 15.5 Å². The maximum Gasteiger partial charge on any atom is 0.169 e. The van der Waals surface area contributed by atoms with E-state index in [1.54, 1.807) is 0 Å². The topological polar surface area (TPSA) is 42.5 Å². The highest BCUT2D eigenvalue weighted by Gasteiger charge is 2.17. The molecule has 0 saturated carbocycles. The zero-order chi connectivity index (χ0) is 16.7. The lowest BCUT2D eigenvalue weighted by Gasteiger charge is -2.08. The molecule has 0 amide bonds. The largest absolute Gasteiger partial charge is 0.448 e. The summed E-state index contributed by atoms with van der Waals surface area (Å²) < 4.78 is 8.28. The molecular weight excluding hydrogens is 390 g/mol. The van der Waals surface area contributed by atoms with Crippen molar-refractivity contribution >= 4 is 44.7 Å². The van der Waals surface area contributed by atoms with Crippen molar-refractivity contribution in [2.75, 3.05) is 5.32 Å². The van der Waals surface area contributed by atoms with Gasteiger partial charge in [0.2, 0.25) is 0 Å². The second-order valence-corrected chi connectivity index (χ2v) is 6.70. The Morgan fingerprint density at radius 1 is 1.08 bits per heavy atom. The fourth-order valence-electron chi connectivity index (χ4n) is 2.53. The molecule has 6 heteroatoms. The maximum atomic E-state index is 6.17. The van der Waals surface area contributed by atoms with Gasteiger partial charge in [0.25, 0.3) is 0 Å². The molecular formula is C18H13BrClN3O. The Morgan fingerprint density at radius 3 is 2.58 bits per heavy atom. The Bertz CT molecular complexity index is 1020. The van der Waals surface area contributed by atoms with E-state index in [1.165, 1.54) is 5.56 Å². The van der Waals surface area contributed by atoms with E-state index in [1.807, 2.05) is 47.0 Å². The highest BCUT2D eigenvalue weighted by Crippen LogP contribution is 2.34. The Labute approximate surface area is 152 Å². The second kappa shape index (κ2) is 6.00. The molecule has 0 radical (unpaired) electrons. The van der Waals surface area contributed by atoms with Gasteiger partial charge in [-0.3, -0.25) is 4.40 Å². The van der Waals surface area contributed by atoms with Crippen LogP contribution in [0.4, 0.5) is 11.5 Å². The first-order chi connectivity index (χ1) is 11.6. The Kier molecular flexibility index (Phi) is 3.82. The normalized spacial score (nSPS) is 11.1. The van der Waals surface area contributed by atoms with Crippen LogP contribution in [-0.4, -0.2) is 9.38 Å². The van der Waals surface area contributed by atoms with E-state index < -0.39 is 0 Å². The number of benzene rings is 1. The van der Waals surface area contributed by atoms with Gasteiger partial charge >= 0.3 is 0 Å². The third-order valence-electron chi connectivity index (χ3n) is 3.70. The summed E-state index contributed by atoms with van der Waals surface area (Å²) in [7, 11) is 0. The first-order valence-electron chi connectivity index (χ1n) is 7.37. The van der Waals surface area contributed by atoms with E-state index in [0.717, 1.165) is 22.8 Å². The number of pyridine rings is 1. The van der Waals surface area contributed by atoms with Crippen LogP contribution in [0.5, 0.6) is 0 Å². The average molecular weight is 403 g/mol. The molecule has 1 N–H and O–H groups in total. The van der Waals surface area contributed by atoms with Gasteiger partial charge in [0.15, 0.2) is 10.4 Å². The Balaban J connectivity index is 1.89. The number of imidazole rings is 1.